The summed E-state index contributed by atoms with van der Waals surface area (Å²) in [5.74, 6) is 0.0109. The van der Waals surface area contributed by atoms with Crippen LogP contribution in [0.4, 0.5) is 5.69 Å². The fourth-order valence-electron chi connectivity index (χ4n) is 1.79. The Morgan fingerprint density at radius 1 is 1.29 bits per heavy atom. The molecule has 0 fully saturated rings. The second kappa shape index (κ2) is 8.07. The van der Waals surface area contributed by atoms with Crippen LogP contribution in [0.2, 0.25) is 5.02 Å². The molecular formula is C16H14ClN3O4. The average molecular weight is 348 g/mol. The van der Waals surface area contributed by atoms with Crippen LogP contribution in [-0.4, -0.2) is 23.1 Å². The number of halogens is 1. The summed E-state index contributed by atoms with van der Waals surface area (Å²) in [5.41, 5.74) is 3.27. The lowest BCUT2D eigenvalue weighted by atomic mass is 10.1. The number of hydrogen-bond donors (Lipinski definition) is 1. The first-order valence-electron chi connectivity index (χ1n) is 6.92. The van der Waals surface area contributed by atoms with Crippen molar-refractivity contribution in [2.45, 2.75) is 6.92 Å². The Bertz CT molecular complexity index is 792. The quantitative estimate of drug-likeness (QED) is 0.493. The molecule has 7 nitrogen and oxygen atoms in total. The van der Waals surface area contributed by atoms with Gasteiger partial charge in [-0.1, -0.05) is 29.8 Å². The van der Waals surface area contributed by atoms with Crippen molar-refractivity contribution in [2.75, 3.05) is 6.61 Å². The molecule has 2 rings (SSSR count). The molecule has 0 spiro atoms. The number of hydrazone groups is 1. The van der Waals surface area contributed by atoms with Gasteiger partial charge in [0.25, 0.3) is 11.6 Å². The summed E-state index contributed by atoms with van der Waals surface area (Å²) in [5, 5.41) is 15.2. The Morgan fingerprint density at radius 2 is 2.04 bits per heavy atom. The molecule has 2 aromatic carbocycles. The van der Waals surface area contributed by atoms with Crippen LogP contribution >= 0.6 is 11.6 Å². The van der Waals surface area contributed by atoms with Crippen LogP contribution in [0.3, 0.4) is 0 Å². The van der Waals surface area contributed by atoms with Crippen molar-refractivity contribution in [1.29, 1.82) is 0 Å². The lowest BCUT2D eigenvalue weighted by Gasteiger charge is -2.06. The van der Waals surface area contributed by atoms with E-state index in [4.69, 9.17) is 16.3 Å². The van der Waals surface area contributed by atoms with E-state index in [0.717, 1.165) is 0 Å². The molecule has 1 amide bonds. The van der Waals surface area contributed by atoms with E-state index in [1.54, 1.807) is 43.3 Å². The van der Waals surface area contributed by atoms with Gasteiger partial charge in [-0.05, 0) is 25.1 Å². The third-order valence-electron chi connectivity index (χ3n) is 2.99. The van der Waals surface area contributed by atoms with Crippen molar-refractivity contribution in [3.05, 3.63) is 69.2 Å². The van der Waals surface area contributed by atoms with Crippen molar-refractivity contribution in [1.82, 2.24) is 5.43 Å². The third-order valence-corrected chi connectivity index (χ3v) is 3.22. The molecule has 0 atom stereocenters. The van der Waals surface area contributed by atoms with Gasteiger partial charge in [-0.3, -0.25) is 14.9 Å². The van der Waals surface area contributed by atoms with E-state index in [9.17, 15) is 14.9 Å². The summed E-state index contributed by atoms with van der Waals surface area (Å²) in [7, 11) is 0. The van der Waals surface area contributed by atoms with E-state index >= 15 is 0 Å². The molecule has 0 heterocycles. The van der Waals surface area contributed by atoms with Crippen LogP contribution in [0, 0.1) is 10.1 Å². The Hall–Kier alpha value is -2.93. The fourth-order valence-corrected chi connectivity index (χ4v) is 1.97. The monoisotopic (exact) mass is 347 g/mol. The SMILES string of the molecule is CC(=NNC(=O)COc1cccc(Cl)c1)c1cccc([N+](=O)[O-])c1. The van der Waals surface area contributed by atoms with Crippen LogP contribution in [0.25, 0.3) is 0 Å². The number of amides is 1. The average Bonchev–Trinajstić information content (AvgIpc) is 2.58. The van der Waals surface area contributed by atoms with Gasteiger partial charge in [0.2, 0.25) is 0 Å². The van der Waals surface area contributed by atoms with Crippen LogP contribution in [-0.2, 0) is 4.79 Å². The number of nitrogens with one attached hydrogen (secondary N) is 1. The number of carbonyl (C=O) groups is 1. The van der Waals surface area contributed by atoms with E-state index in [0.29, 0.717) is 22.0 Å². The molecule has 2 aromatic rings. The van der Waals surface area contributed by atoms with Gasteiger partial charge < -0.3 is 4.74 Å². The standard InChI is InChI=1S/C16H14ClN3O4/c1-11(12-4-2-6-14(8-12)20(22)23)18-19-16(21)10-24-15-7-3-5-13(17)9-15/h2-9H,10H2,1H3,(H,19,21). The molecule has 0 saturated carbocycles. The molecule has 1 N–H and O–H groups in total. The first-order valence-corrected chi connectivity index (χ1v) is 7.30. The molecule has 124 valence electrons. The molecule has 24 heavy (non-hydrogen) atoms. The molecule has 0 aliphatic carbocycles. The van der Waals surface area contributed by atoms with Gasteiger partial charge in [0.05, 0.1) is 10.6 Å². The van der Waals surface area contributed by atoms with E-state index in [2.05, 4.69) is 10.5 Å². The van der Waals surface area contributed by atoms with Crippen LogP contribution < -0.4 is 10.2 Å². The molecule has 0 aliphatic rings. The highest BCUT2D eigenvalue weighted by molar-refractivity contribution is 6.30. The topological polar surface area (TPSA) is 93.8 Å². The van der Waals surface area contributed by atoms with Crippen LogP contribution in [0.15, 0.2) is 53.6 Å². The predicted octanol–water partition coefficient (Wildman–Crippen LogP) is 3.17. The van der Waals surface area contributed by atoms with Crippen LogP contribution in [0.5, 0.6) is 5.75 Å². The summed E-state index contributed by atoms with van der Waals surface area (Å²) in [4.78, 5) is 22.0. The van der Waals surface area contributed by atoms with E-state index < -0.39 is 10.8 Å². The zero-order valence-corrected chi connectivity index (χ0v) is 13.5. The first-order chi connectivity index (χ1) is 11.5. The van der Waals surface area contributed by atoms with E-state index in [1.807, 2.05) is 0 Å². The Kier molecular flexibility index (Phi) is 5.86. The number of benzene rings is 2. The normalized spacial score (nSPS) is 11.0. The second-order valence-electron chi connectivity index (χ2n) is 4.79. The zero-order chi connectivity index (χ0) is 17.5. The highest BCUT2D eigenvalue weighted by Crippen LogP contribution is 2.17. The minimum atomic E-state index is -0.492. The summed E-state index contributed by atoms with van der Waals surface area (Å²) >= 11 is 5.82. The Labute approximate surface area is 143 Å². The van der Waals surface area contributed by atoms with E-state index in [1.165, 1.54) is 12.1 Å². The minimum absolute atomic E-state index is 0.0438. The number of non-ortho nitro benzene ring substituents is 1. The molecule has 0 aromatic heterocycles. The van der Waals surface area contributed by atoms with Gasteiger partial charge in [-0.25, -0.2) is 5.43 Å². The van der Waals surface area contributed by atoms with Gasteiger partial charge in [0.15, 0.2) is 6.61 Å². The third kappa shape index (κ3) is 5.06. The molecular weight excluding hydrogens is 334 g/mol. The Morgan fingerprint density at radius 3 is 2.75 bits per heavy atom. The van der Waals surface area contributed by atoms with Crippen molar-refractivity contribution in [3.8, 4) is 5.75 Å². The van der Waals surface area contributed by atoms with Gasteiger partial charge in [-0.2, -0.15) is 5.10 Å². The van der Waals surface area contributed by atoms with Crippen molar-refractivity contribution in [2.24, 2.45) is 5.10 Å². The predicted molar refractivity (Wildman–Crippen MR) is 90.4 cm³/mol. The zero-order valence-electron chi connectivity index (χ0n) is 12.7. The van der Waals surface area contributed by atoms with Crippen molar-refractivity contribution >= 4 is 28.9 Å². The number of nitro benzene ring substituents is 1. The largest absolute Gasteiger partial charge is 0.484 e. The summed E-state index contributed by atoms with van der Waals surface area (Å²) in [6.07, 6.45) is 0. The first kappa shape index (κ1) is 17.4. The number of ether oxygens (including phenoxy) is 1. The maximum Gasteiger partial charge on any atom is 0.277 e. The summed E-state index contributed by atoms with van der Waals surface area (Å²) in [6.45, 7) is 1.41. The van der Waals surface area contributed by atoms with E-state index in [-0.39, 0.29) is 12.3 Å². The van der Waals surface area contributed by atoms with Crippen LogP contribution in [0.1, 0.15) is 12.5 Å². The maximum absolute atomic E-state index is 11.7. The lowest BCUT2D eigenvalue weighted by molar-refractivity contribution is -0.384. The lowest BCUT2D eigenvalue weighted by Crippen LogP contribution is -2.25. The number of rotatable bonds is 6. The van der Waals surface area contributed by atoms with Gasteiger partial charge >= 0.3 is 0 Å². The molecule has 0 saturated heterocycles. The second-order valence-corrected chi connectivity index (χ2v) is 5.22. The highest BCUT2D eigenvalue weighted by atomic mass is 35.5. The van der Waals surface area contributed by atoms with Gasteiger partial charge in [0.1, 0.15) is 5.75 Å². The molecule has 8 heteroatoms. The highest BCUT2D eigenvalue weighted by Gasteiger charge is 2.08. The summed E-state index contributed by atoms with van der Waals surface area (Å²) < 4.78 is 5.28. The number of carbonyl (C=O) groups excluding carboxylic acids is 1. The van der Waals surface area contributed by atoms with Gasteiger partial charge in [0, 0.05) is 22.7 Å². The number of nitrogens with zero attached hydrogens (tertiary/aromatic N) is 2. The van der Waals surface area contributed by atoms with Crippen molar-refractivity contribution in [3.63, 3.8) is 0 Å². The Balaban J connectivity index is 1.93. The molecule has 0 radical (unpaired) electrons. The molecule has 0 unspecified atom stereocenters. The molecule has 0 aliphatic heterocycles. The van der Waals surface area contributed by atoms with Crippen molar-refractivity contribution < 1.29 is 14.5 Å². The molecule has 0 bridgehead atoms. The van der Waals surface area contributed by atoms with Gasteiger partial charge in [-0.15, -0.1) is 0 Å². The minimum Gasteiger partial charge on any atom is -0.484 e. The summed E-state index contributed by atoms with van der Waals surface area (Å²) in [6, 6.07) is 12.7. The number of nitro groups is 1. The maximum atomic E-state index is 11.7. The smallest absolute Gasteiger partial charge is 0.277 e. The number of hydrogen-bond acceptors (Lipinski definition) is 5. The fraction of sp³-hybridized carbons (Fsp3) is 0.125.